The van der Waals surface area contributed by atoms with E-state index < -0.39 is 0 Å². The molecule has 0 radical (unpaired) electrons. The number of nitrogens with zero attached hydrogens (tertiary/aromatic N) is 1. The van der Waals surface area contributed by atoms with Gasteiger partial charge >= 0.3 is 5.97 Å². The monoisotopic (exact) mass is 337 g/mol. The van der Waals surface area contributed by atoms with E-state index in [9.17, 15) is 4.79 Å². The van der Waals surface area contributed by atoms with Crippen molar-refractivity contribution >= 4 is 23.3 Å². The van der Waals surface area contributed by atoms with Gasteiger partial charge in [0.25, 0.3) is 0 Å². The van der Waals surface area contributed by atoms with Crippen molar-refractivity contribution in [3.05, 3.63) is 22.4 Å². The zero-order valence-corrected chi connectivity index (χ0v) is 14.8. The van der Waals surface area contributed by atoms with Crippen LogP contribution in [0.25, 0.3) is 0 Å². The van der Waals surface area contributed by atoms with Crippen molar-refractivity contribution in [1.82, 2.24) is 10.6 Å². The fourth-order valence-electron chi connectivity index (χ4n) is 2.70. The summed E-state index contributed by atoms with van der Waals surface area (Å²) in [5.74, 6) is 0.684. The molecule has 1 saturated carbocycles. The molecule has 1 aromatic rings. The third-order valence-electron chi connectivity index (χ3n) is 4.00. The van der Waals surface area contributed by atoms with Gasteiger partial charge in [-0.2, -0.15) is 0 Å². The Labute approximate surface area is 142 Å². The molecule has 0 saturated heterocycles. The summed E-state index contributed by atoms with van der Waals surface area (Å²) in [6.45, 7) is 2.81. The molecule has 1 fully saturated rings. The summed E-state index contributed by atoms with van der Waals surface area (Å²) in [5.41, 5.74) is 0. The van der Waals surface area contributed by atoms with Crippen molar-refractivity contribution < 1.29 is 9.53 Å². The van der Waals surface area contributed by atoms with Gasteiger partial charge in [0.05, 0.1) is 6.04 Å². The molecule has 1 aliphatic rings. The number of carbonyl (C=O) groups is 1. The van der Waals surface area contributed by atoms with Crippen LogP contribution in [0.2, 0.25) is 0 Å². The summed E-state index contributed by atoms with van der Waals surface area (Å²) in [6, 6.07) is 4.37. The number of esters is 1. The zero-order chi connectivity index (χ0) is 16.5. The molecule has 0 amide bonds. The summed E-state index contributed by atoms with van der Waals surface area (Å²) in [5, 5.41) is 8.67. The molecule has 0 aromatic carbocycles. The number of rotatable bonds is 7. The van der Waals surface area contributed by atoms with E-state index in [0.29, 0.717) is 13.0 Å². The van der Waals surface area contributed by atoms with Gasteiger partial charge in [0.15, 0.2) is 5.96 Å². The number of ether oxygens (including phenoxy) is 1. The molecule has 23 heavy (non-hydrogen) atoms. The summed E-state index contributed by atoms with van der Waals surface area (Å²) in [6.07, 6.45) is 5.80. The lowest BCUT2D eigenvalue weighted by molar-refractivity contribution is -0.148. The van der Waals surface area contributed by atoms with Crippen LogP contribution in [0.4, 0.5) is 0 Å². The fourth-order valence-corrected chi connectivity index (χ4v) is 3.43. The van der Waals surface area contributed by atoms with Crippen molar-refractivity contribution in [3.8, 4) is 0 Å². The first-order chi connectivity index (χ1) is 11.2. The Morgan fingerprint density at radius 3 is 2.91 bits per heavy atom. The standard InChI is InChI=1S/C17H27N3O2S/c1-13(15-9-6-12-23-15)20-17(18-2)19-11-5-10-16(21)22-14-7-3-4-8-14/h6,9,12-14H,3-5,7-8,10-11H2,1-2H3,(H2,18,19,20). The van der Waals surface area contributed by atoms with Gasteiger partial charge in [0.1, 0.15) is 6.10 Å². The maximum absolute atomic E-state index is 11.8. The minimum atomic E-state index is -0.0754. The van der Waals surface area contributed by atoms with E-state index in [-0.39, 0.29) is 18.1 Å². The van der Waals surface area contributed by atoms with Gasteiger partial charge in [-0.25, -0.2) is 0 Å². The summed E-state index contributed by atoms with van der Waals surface area (Å²) >= 11 is 1.72. The lowest BCUT2D eigenvalue weighted by Crippen LogP contribution is -2.39. The van der Waals surface area contributed by atoms with Crippen molar-refractivity contribution in [2.24, 2.45) is 4.99 Å². The van der Waals surface area contributed by atoms with Crippen LogP contribution in [0.15, 0.2) is 22.5 Å². The summed E-state index contributed by atoms with van der Waals surface area (Å²) in [7, 11) is 1.75. The normalized spacial score (nSPS) is 17.0. The van der Waals surface area contributed by atoms with Crippen molar-refractivity contribution in [2.45, 2.75) is 57.6 Å². The van der Waals surface area contributed by atoms with Gasteiger partial charge in [-0.3, -0.25) is 9.79 Å². The molecule has 2 N–H and O–H groups in total. The Morgan fingerprint density at radius 2 is 2.26 bits per heavy atom. The van der Waals surface area contributed by atoms with Gasteiger partial charge in [-0.05, 0) is 50.5 Å². The highest BCUT2D eigenvalue weighted by Crippen LogP contribution is 2.21. The number of aliphatic imine (C=N–C) groups is 1. The van der Waals surface area contributed by atoms with Crippen LogP contribution < -0.4 is 10.6 Å². The number of hydrogen-bond acceptors (Lipinski definition) is 4. The molecule has 1 heterocycles. The van der Waals surface area contributed by atoms with E-state index in [1.165, 1.54) is 17.7 Å². The highest BCUT2D eigenvalue weighted by molar-refractivity contribution is 7.10. The first kappa shape index (κ1) is 17.8. The predicted octanol–water partition coefficient (Wildman–Crippen LogP) is 3.24. The van der Waals surface area contributed by atoms with Crippen LogP contribution >= 0.6 is 11.3 Å². The number of hydrogen-bond donors (Lipinski definition) is 2. The first-order valence-corrected chi connectivity index (χ1v) is 9.27. The number of nitrogens with one attached hydrogen (secondary N) is 2. The van der Waals surface area contributed by atoms with E-state index in [4.69, 9.17) is 4.74 Å². The SMILES string of the molecule is CN=C(NCCCC(=O)OC1CCCC1)NC(C)c1cccs1. The number of carbonyl (C=O) groups excluding carboxylic acids is 1. The third-order valence-corrected chi connectivity index (χ3v) is 5.05. The predicted molar refractivity (Wildman–Crippen MR) is 94.8 cm³/mol. The molecule has 2 rings (SSSR count). The van der Waals surface area contributed by atoms with Crippen LogP contribution in [0.1, 0.15) is 56.4 Å². The number of guanidine groups is 1. The number of thiophene rings is 1. The quantitative estimate of drug-likeness (QED) is 0.347. The lowest BCUT2D eigenvalue weighted by Gasteiger charge is -2.17. The van der Waals surface area contributed by atoms with E-state index in [1.54, 1.807) is 18.4 Å². The minimum absolute atomic E-state index is 0.0754. The van der Waals surface area contributed by atoms with E-state index in [2.05, 4.69) is 34.0 Å². The summed E-state index contributed by atoms with van der Waals surface area (Å²) in [4.78, 5) is 17.2. The Kier molecular flexibility index (Phi) is 7.39. The zero-order valence-electron chi connectivity index (χ0n) is 14.0. The Bertz CT molecular complexity index is 496. The molecule has 128 valence electrons. The van der Waals surface area contributed by atoms with Gasteiger partial charge in [-0.1, -0.05) is 6.07 Å². The maximum Gasteiger partial charge on any atom is 0.306 e. The minimum Gasteiger partial charge on any atom is -0.462 e. The van der Waals surface area contributed by atoms with Crippen LogP contribution in [0, 0.1) is 0 Å². The molecule has 0 spiro atoms. The molecule has 1 aliphatic carbocycles. The molecule has 0 aliphatic heterocycles. The molecule has 1 atom stereocenters. The van der Waals surface area contributed by atoms with Crippen molar-refractivity contribution in [3.63, 3.8) is 0 Å². The highest BCUT2D eigenvalue weighted by atomic mass is 32.1. The first-order valence-electron chi connectivity index (χ1n) is 8.39. The average molecular weight is 337 g/mol. The van der Waals surface area contributed by atoms with Crippen LogP contribution in [-0.2, 0) is 9.53 Å². The molecule has 0 bridgehead atoms. The Balaban J connectivity index is 1.61. The highest BCUT2D eigenvalue weighted by Gasteiger charge is 2.18. The molecular formula is C17H27N3O2S. The van der Waals surface area contributed by atoms with E-state index in [0.717, 1.165) is 25.2 Å². The molecule has 1 aromatic heterocycles. The second-order valence-electron chi connectivity index (χ2n) is 5.88. The van der Waals surface area contributed by atoms with Gasteiger partial charge < -0.3 is 15.4 Å². The Hall–Kier alpha value is -1.56. The molecule has 1 unspecified atom stereocenters. The Morgan fingerprint density at radius 1 is 1.48 bits per heavy atom. The van der Waals surface area contributed by atoms with Crippen LogP contribution in [0.5, 0.6) is 0 Å². The van der Waals surface area contributed by atoms with Crippen molar-refractivity contribution in [1.29, 1.82) is 0 Å². The van der Waals surface area contributed by atoms with Crippen molar-refractivity contribution in [2.75, 3.05) is 13.6 Å². The second kappa shape index (κ2) is 9.55. The molecule has 5 nitrogen and oxygen atoms in total. The lowest BCUT2D eigenvalue weighted by atomic mass is 10.3. The summed E-state index contributed by atoms with van der Waals surface area (Å²) < 4.78 is 5.45. The van der Waals surface area contributed by atoms with E-state index in [1.807, 2.05) is 6.07 Å². The third kappa shape index (κ3) is 6.22. The molecular weight excluding hydrogens is 310 g/mol. The van der Waals surface area contributed by atoms with Crippen LogP contribution in [-0.4, -0.2) is 31.6 Å². The fraction of sp³-hybridized carbons (Fsp3) is 0.647. The van der Waals surface area contributed by atoms with E-state index >= 15 is 0 Å². The molecule has 6 heteroatoms. The van der Waals surface area contributed by atoms with Crippen LogP contribution in [0.3, 0.4) is 0 Å². The average Bonchev–Trinajstić information content (AvgIpc) is 3.23. The topological polar surface area (TPSA) is 62.7 Å². The maximum atomic E-state index is 11.8. The van der Waals surface area contributed by atoms with Gasteiger partial charge in [0, 0.05) is 24.9 Å². The second-order valence-corrected chi connectivity index (χ2v) is 6.86. The van der Waals surface area contributed by atoms with Gasteiger partial charge in [0.2, 0.25) is 0 Å². The van der Waals surface area contributed by atoms with Gasteiger partial charge in [-0.15, -0.1) is 11.3 Å². The largest absolute Gasteiger partial charge is 0.462 e. The smallest absolute Gasteiger partial charge is 0.306 e.